The molecule has 10 heteroatoms. The van der Waals surface area contributed by atoms with Gasteiger partial charge in [-0.2, -0.15) is 0 Å². The first-order valence-electron chi connectivity index (χ1n) is 8.87. The zero-order chi connectivity index (χ0) is 20.5. The van der Waals surface area contributed by atoms with Gasteiger partial charge >= 0.3 is 6.03 Å². The molecule has 2 aromatic rings. The predicted octanol–water partition coefficient (Wildman–Crippen LogP) is 0.427. The summed E-state index contributed by atoms with van der Waals surface area (Å²) in [5.41, 5.74) is 1.62. The lowest BCUT2D eigenvalue weighted by atomic mass is 10.1. The van der Waals surface area contributed by atoms with E-state index in [1.54, 1.807) is 19.2 Å². The Bertz CT molecular complexity index is 1050. The van der Waals surface area contributed by atoms with Crippen molar-refractivity contribution in [3.05, 3.63) is 42.5 Å². The molecule has 3 heterocycles. The van der Waals surface area contributed by atoms with Crippen molar-refractivity contribution >= 4 is 35.8 Å². The summed E-state index contributed by atoms with van der Waals surface area (Å²) in [5.74, 6) is -0.206. The number of nitrogens with zero attached hydrogens (tertiary/aromatic N) is 6. The molecule has 0 spiro atoms. The van der Waals surface area contributed by atoms with Gasteiger partial charge in [0, 0.05) is 19.7 Å². The quantitative estimate of drug-likeness (QED) is 0.759. The number of hydrogen-bond donors (Lipinski definition) is 1. The van der Waals surface area contributed by atoms with Crippen LogP contribution in [0.4, 0.5) is 10.6 Å². The highest BCUT2D eigenvalue weighted by molar-refractivity contribution is 6.21. The number of fused-ring (bicyclic) bond motifs is 1. The lowest BCUT2D eigenvalue weighted by Crippen LogP contribution is -2.61. The van der Waals surface area contributed by atoms with Crippen molar-refractivity contribution < 1.29 is 19.0 Å². The molecule has 4 rings (SSSR count). The molecule has 1 unspecified atom stereocenters. The zero-order valence-electron chi connectivity index (χ0n) is 15.8. The summed E-state index contributed by atoms with van der Waals surface area (Å²) >= 11 is 0. The Hall–Kier alpha value is -3.95. The van der Waals surface area contributed by atoms with Crippen LogP contribution in [0.3, 0.4) is 0 Å². The summed E-state index contributed by atoms with van der Waals surface area (Å²) in [7, 11) is 2.94. The van der Waals surface area contributed by atoms with Gasteiger partial charge in [-0.15, -0.1) is 10.2 Å². The standard InChI is InChI=1S/C19H17N7O3/c1-24-17-16(18(28)25(2)19(24)29)26(11-20-17)10-15(27)21-14-9-8-13(22-23-14)12-6-4-3-5-7-12/h3-9,11,16H,10H2,1-2H3/p+1. The number of hydrogen-bond acceptors (Lipinski definition) is 6. The van der Waals surface area contributed by atoms with Gasteiger partial charge in [0.2, 0.25) is 0 Å². The molecule has 1 N–H and O–H groups in total. The number of rotatable bonds is 4. The van der Waals surface area contributed by atoms with E-state index in [1.807, 2.05) is 30.3 Å². The van der Waals surface area contributed by atoms with Crippen molar-refractivity contribution in [2.45, 2.75) is 6.04 Å². The maximum absolute atomic E-state index is 12.5. The van der Waals surface area contributed by atoms with Crippen molar-refractivity contribution in [1.29, 1.82) is 0 Å². The largest absolute Gasteiger partial charge is 0.333 e. The average Bonchev–Trinajstić information content (AvgIpc) is 3.15. The molecule has 146 valence electrons. The summed E-state index contributed by atoms with van der Waals surface area (Å²) in [6.45, 7) is -0.124. The van der Waals surface area contributed by atoms with E-state index in [0.29, 0.717) is 17.3 Å². The van der Waals surface area contributed by atoms with Gasteiger partial charge in [-0.25, -0.2) is 9.37 Å². The van der Waals surface area contributed by atoms with Gasteiger partial charge in [0.05, 0.1) is 5.69 Å². The Kier molecular flexibility index (Phi) is 4.59. The van der Waals surface area contributed by atoms with Crippen LogP contribution in [0.15, 0.2) is 47.5 Å². The van der Waals surface area contributed by atoms with E-state index >= 15 is 0 Å². The fourth-order valence-electron chi connectivity index (χ4n) is 3.18. The zero-order valence-corrected chi connectivity index (χ0v) is 15.8. The third-order valence-corrected chi connectivity index (χ3v) is 4.72. The Morgan fingerprint density at radius 2 is 1.83 bits per heavy atom. The molecule has 1 saturated heterocycles. The van der Waals surface area contributed by atoms with Crippen molar-refractivity contribution in [2.24, 2.45) is 4.99 Å². The number of aliphatic imine (C=N–C) groups is 1. The molecule has 2 aliphatic heterocycles. The highest BCUT2D eigenvalue weighted by Crippen LogP contribution is 2.18. The van der Waals surface area contributed by atoms with Gasteiger partial charge in [0.1, 0.15) is 0 Å². The smallest absolute Gasteiger partial charge is 0.306 e. The fourth-order valence-corrected chi connectivity index (χ4v) is 3.18. The lowest BCUT2D eigenvalue weighted by Gasteiger charge is -2.30. The number of nitrogens with one attached hydrogen (secondary N) is 1. The number of carbonyl (C=O) groups is 3. The first-order valence-corrected chi connectivity index (χ1v) is 8.87. The number of likely N-dealkylation sites (N-methyl/N-ethyl adjacent to an activating group) is 2. The van der Waals surface area contributed by atoms with E-state index in [-0.39, 0.29) is 12.5 Å². The van der Waals surface area contributed by atoms with Crippen molar-refractivity contribution in [2.75, 3.05) is 26.0 Å². The normalized spacial score (nSPS) is 18.3. The maximum Gasteiger partial charge on any atom is 0.333 e. The first-order chi connectivity index (χ1) is 14.0. The minimum Gasteiger partial charge on any atom is -0.306 e. The molecule has 0 saturated carbocycles. The molecule has 10 nitrogen and oxygen atoms in total. The fraction of sp³-hybridized carbons (Fsp3) is 0.211. The first kappa shape index (κ1) is 18.4. The molecule has 1 aromatic heterocycles. The van der Waals surface area contributed by atoms with Crippen LogP contribution in [0.5, 0.6) is 0 Å². The average molecular weight is 392 g/mol. The number of benzene rings is 1. The van der Waals surface area contributed by atoms with E-state index in [2.05, 4.69) is 20.5 Å². The summed E-state index contributed by atoms with van der Waals surface area (Å²) in [6.07, 6.45) is 1.39. The molecule has 1 fully saturated rings. The monoisotopic (exact) mass is 392 g/mol. The minimum atomic E-state index is -0.806. The van der Waals surface area contributed by atoms with E-state index in [1.165, 1.54) is 22.9 Å². The third kappa shape index (κ3) is 3.35. The maximum atomic E-state index is 12.5. The second kappa shape index (κ2) is 7.23. The third-order valence-electron chi connectivity index (χ3n) is 4.72. The Morgan fingerprint density at radius 1 is 1.07 bits per heavy atom. The molecule has 2 aliphatic rings. The summed E-state index contributed by atoms with van der Waals surface area (Å²) in [4.78, 5) is 43.3. The predicted molar refractivity (Wildman–Crippen MR) is 104 cm³/mol. The minimum absolute atomic E-state index is 0.124. The van der Waals surface area contributed by atoms with Crippen LogP contribution in [0.25, 0.3) is 11.3 Å². The number of carbonyl (C=O) groups excluding carboxylic acids is 3. The highest BCUT2D eigenvalue weighted by atomic mass is 16.2. The molecule has 0 aliphatic carbocycles. The number of amidine groups is 1. The molecule has 0 radical (unpaired) electrons. The molecule has 0 bridgehead atoms. The molecule has 29 heavy (non-hydrogen) atoms. The van der Waals surface area contributed by atoms with E-state index < -0.39 is 18.0 Å². The van der Waals surface area contributed by atoms with Crippen LogP contribution in [0.2, 0.25) is 0 Å². The van der Waals surface area contributed by atoms with Crippen LogP contribution < -0.4 is 5.32 Å². The second-order valence-electron chi connectivity index (χ2n) is 6.63. The second-order valence-corrected chi connectivity index (χ2v) is 6.63. The van der Waals surface area contributed by atoms with Gasteiger partial charge in [-0.1, -0.05) is 30.3 Å². The van der Waals surface area contributed by atoms with Gasteiger partial charge < -0.3 is 5.32 Å². The number of amides is 4. The molecule has 1 aromatic carbocycles. The Balaban J connectivity index is 1.42. The molecular formula is C19H18N7O3+. The van der Waals surface area contributed by atoms with Gasteiger partial charge in [-0.05, 0) is 17.1 Å². The van der Waals surface area contributed by atoms with E-state index in [4.69, 9.17) is 0 Å². The van der Waals surface area contributed by atoms with Crippen molar-refractivity contribution in [3.8, 4) is 11.3 Å². The summed E-state index contributed by atoms with van der Waals surface area (Å²) in [5, 5.41) is 10.8. The van der Waals surface area contributed by atoms with Crippen LogP contribution in [0, 0.1) is 0 Å². The number of urea groups is 1. The topological polar surface area (TPSA) is 111 Å². The summed E-state index contributed by atoms with van der Waals surface area (Å²) < 4.78 is 1.48. The van der Waals surface area contributed by atoms with E-state index in [9.17, 15) is 14.4 Å². The summed E-state index contributed by atoms with van der Waals surface area (Å²) in [6, 6.07) is 11.7. The highest BCUT2D eigenvalue weighted by Gasteiger charge is 2.50. The van der Waals surface area contributed by atoms with Gasteiger partial charge in [0.25, 0.3) is 30.0 Å². The van der Waals surface area contributed by atoms with Crippen molar-refractivity contribution in [1.82, 2.24) is 20.0 Å². The van der Waals surface area contributed by atoms with Crippen LogP contribution >= 0.6 is 0 Å². The number of aromatic nitrogens is 2. The Labute approximate surface area is 166 Å². The SMILES string of the molecule is CN1C(=O)C2C(=NC=[N+]2CC(=O)Nc2ccc(-c3ccccc3)nn2)N(C)C1=O. The van der Waals surface area contributed by atoms with E-state index in [0.717, 1.165) is 10.5 Å². The Morgan fingerprint density at radius 3 is 2.52 bits per heavy atom. The molecule has 1 atom stereocenters. The van der Waals surface area contributed by atoms with Crippen LogP contribution in [-0.4, -0.2) is 81.3 Å². The van der Waals surface area contributed by atoms with Crippen LogP contribution in [-0.2, 0) is 9.59 Å². The van der Waals surface area contributed by atoms with Gasteiger partial charge in [-0.3, -0.25) is 19.4 Å². The van der Waals surface area contributed by atoms with Gasteiger partial charge in [0.15, 0.2) is 12.4 Å². The molecular weight excluding hydrogens is 374 g/mol. The van der Waals surface area contributed by atoms with Crippen LogP contribution in [0.1, 0.15) is 0 Å². The number of imide groups is 1. The molecule has 4 amide bonds. The number of anilines is 1. The van der Waals surface area contributed by atoms with Crippen molar-refractivity contribution in [3.63, 3.8) is 0 Å². The lowest BCUT2D eigenvalue weighted by molar-refractivity contribution is -0.519.